The van der Waals surface area contributed by atoms with E-state index in [1.165, 1.54) is 12.4 Å². The lowest BCUT2D eigenvalue weighted by Crippen LogP contribution is -2.27. The van der Waals surface area contributed by atoms with Gasteiger partial charge in [0.25, 0.3) is 5.91 Å². The zero-order chi connectivity index (χ0) is 18.0. The number of nitrogens with zero attached hydrogens (tertiary/aromatic N) is 3. The van der Waals surface area contributed by atoms with Crippen LogP contribution in [0.25, 0.3) is 5.69 Å². The fourth-order valence-corrected chi connectivity index (χ4v) is 2.78. The lowest BCUT2D eigenvalue weighted by Gasteiger charge is -2.15. The van der Waals surface area contributed by atoms with Gasteiger partial charge in [-0.2, -0.15) is 5.10 Å². The molecule has 5 nitrogen and oxygen atoms in total. The van der Waals surface area contributed by atoms with Gasteiger partial charge in [-0.15, -0.1) is 0 Å². The van der Waals surface area contributed by atoms with Gasteiger partial charge in [-0.25, -0.2) is 14.1 Å². The highest BCUT2D eigenvalue weighted by atomic mass is 35.5. The second-order valence-electron chi connectivity index (χ2n) is 5.37. The van der Waals surface area contributed by atoms with Crippen LogP contribution in [0.2, 0.25) is 10.0 Å². The van der Waals surface area contributed by atoms with Crippen LogP contribution >= 0.6 is 23.2 Å². The maximum absolute atomic E-state index is 13.6. The van der Waals surface area contributed by atoms with E-state index >= 15 is 0 Å². The van der Waals surface area contributed by atoms with Crippen molar-refractivity contribution in [2.45, 2.75) is 13.0 Å². The van der Waals surface area contributed by atoms with E-state index in [2.05, 4.69) is 15.4 Å². The zero-order valence-corrected chi connectivity index (χ0v) is 14.6. The zero-order valence-electron chi connectivity index (χ0n) is 13.1. The van der Waals surface area contributed by atoms with Crippen molar-refractivity contribution in [2.24, 2.45) is 0 Å². The summed E-state index contributed by atoms with van der Waals surface area (Å²) in [5.74, 6) is -1.17. The van der Waals surface area contributed by atoms with Crippen LogP contribution in [0, 0.1) is 5.82 Å². The molecule has 0 bridgehead atoms. The van der Waals surface area contributed by atoms with E-state index < -0.39 is 11.7 Å². The van der Waals surface area contributed by atoms with E-state index in [9.17, 15) is 9.18 Å². The molecule has 1 heterocycles. The molecule has 3 aromatic rings. The number of aromatic nitrogens is 3. The Labute approximate surface area is 153 Å². The molecule has 1 N–H and O–H groups in total. The molecule has 1 aromatic heterocycles. The normalized spacial score (nSPS) is 12.0. The minimum absolute atomic E-state index is 0.0367. The summed E-state index contributed by atoms with van der Waals surface area (Å²) < 4.78 is 15.2. The van der Waals surface area contributed by atoms with Crippen molar-refractivity contribution < 1.29 is 9.18 Å². The van der Waals surface area contributed by atoms with Gasteiger partial charge in [-0.05, 0) is 36.8 Å². The number of benzene rings is 2. The minimum Gasteiger partial charge on any atom is -0.345 e. The van der Waals surface area contributed by atoms with E-state index in [1.807, 2.05) is 31.2 Å². The maximum atomic E-state index is 13.6. The highest BCUT2D eigenvalue weighted by Gasteiger charge is 2.17. The van der Waals surface area contributed by atoms with Crippen molar-refractivity contribution in [3.8, 4) is 5.69 Å². The number of hydrogen-bond donors (Lipinski definition) is 1. The third kappa shape index (κ3) is 3.81. The summed E-state index contributed by atoms with van der Waals surface area (Å²) in [4.78, 5) is 16.2. The smallest absolute Gasteiger partial charge is 0.253 e. The van der Waals surface area contributed by atoms with E-state index in [4.69, 9.17) is 23.2 Å². The fourth-order valence-electron chi connectivity index (χ4n) is 2.31. The van der Waals surface area contributed by atoms with Crippen LogP contribution in [0.5, 0.6) is 0 Å². The molecule has 2 aromatic carbocycles. The summed E-state index contributed by atoms with van der Waals surface area (Å²) in [6, 6.07) is 9.40. The largest absolute Gasteiger partial charge is 0.345 e. The van der Waals surface area contributed by atoms with Crippen LogP contribution in [-0.2, 0) is 0 Å². The van der Waals surface area contributed by atoms with Crippen molar-refractivity contribution in [2.75, 3.05) is 0 Å². The SMILES string of the molecule is CC(NC(=O)c1cc(F)c(Cl)cc1Cl)c1ccc(-n2cncn2)cc1. The second-order valence-corrected chi connectivity index (χ2v) is 6.19. The molecule has 0 aliphatic rings. The predicted molar refractivity (Wildman–Crippen MR) is 93.7 cm³/mol. The highest BCUT2D eigenvalue weighted by molar-refractivity contribution is 6.36. The van der Waals surface area contributed by atoms with Crippen LogP contribution in [0.1, 0.15) is 28.9 Å². The van der Waals surface area contributed by atoms with E-state index in [0.29, 0.717) is 0 Å². The number of amides is 1. The van der Waals surface area contributed by atoms with E-state index in [1.54, 1.807) is 11.0 Å². The summed E-state index contributed by atoms with van der Waals surface area (Å²) in [5, 5.41) is 6.80. The van der Waals surface area contributed by atoms with E-state index in [0.717, 1.165) is 17.3 Å². The summed E-state index contributed by atoms with van der Waals surface area (Å²) in [6.07, 6.45) is 3.04. The molecule has 128 valence electrons. The Morgan fingerprint density at radius 2 is 1.92 bits per heavy atom. The van der Waals surface area contributed by atoms with Gasteiger partial charge in [0.2, 0.25) is 0 Å². The Kier molecular flexibility index (Phi) is 5.01. The van der Waals surface area contributed by atoms with Crippen LogP contribution in [0.15, 0.2) is 49.1 Å². The Balaban J connectivity index is 1.74. The lowest BCUT2D eigenvalue weighted by atomic mass is 10.1. The molecule has 0 radical (unpaired) electrons. The maximum Gasteiger partial charge on any atom is 0.253 e. The number of halogens is 3. The molecule has 0 spiro atoms. The molecule has 3 rings (SSSR count). The first-order valence-corrected chi connectivity index (χ1v) is 8.11. The molecule has 1 unspecified atom stereocenters. The standard InChI is InChI=1S/C17H13Cl2FN4O/c1-10(11-2-4-12(5-3-11)24-9-21-8-22-24)23-17(25)13-6-16(20)15(19)7-14(13)18/h2-10H,1H3,(H,23,25). The number of nitrogens with one attached hydrogen (secondary N) is 1. The summed E-state index contributed by atoms with van der Waals surface area (Å²) in [6.45, 7) is 1.82. The molecular weight excluding hydrogens is 366 g/mol. The van der Waals surface area contributed by atoms with Gasteiger partial charge >= 0.3 is 0 Å². The average molecular weight is 379 g/mol. The second kappa shape index (κ2) is 7.21. The molecule has 0 saturated heterocycles. The number of carbonyl (C=O) groups is 1. The highest BCUT2D eigenvalue weighted by Crippen LogP contribution is 2.25. The summed E-state index contributed by atoms with van der Waals surface area (Å²) in [5.41, 5.74) is 1.76. The van der Waals surface area contributed by atoms with E-state index in [-0.39, 0.29) is 21.7 Å². The van der Waals surface area contributed by atoms with Gasteiger partial charge in [-0.3, -0.25) is 4.79 Å². The number of carbonyl (C=O) groups excluding carboxylic acids is 1. The minimum atomic E-state index is -0.693. The van der Waals surface area contributed by atoms with Crippen molar-refractivity contribution in [1.29, 1.82) is 0 Å². The van der Waals surface area contributed by atoms with Crippen molar-refractivity contribution in [3.05, 3.63) is 76.0 Å². The first-order chi connectivity index (χ1) is 12.0. The van der Waals surface area contributed by atoms with Crippen molar-refractivity contribution in [1.82, 2.24) is 20.1 Å². The molecule has 0 fully saturated rings. The molecule has 0 aliphatic heterocycles. The molecule has 0 aliphatic carbocycles. The van der Waals surface area contributed by atoms with Crippen LogP contribution in [0.4, 0.5) is 4.39 Å². The summed E-state index contributed by atoms with van der Waals surface area (Å²) in [7, 11) is 0. The van der Waals surface area contributed by atoms with Crippen molar-refractivity contribution in [3.63, 3.8) is 0 Å². The monoisotopic (exact) mass is 378 g/mol. The van der Waals surface area contributed by atoms with Gasteiger partial charge < -0.3 is 5.32 Å². The van der Waals surface area contributed by atoms with Gasteiger partial charge in [0.1, 0.15) is 18.5 Å². The quantitative estimate of drug-likeness (QED) is 0.691. The Bertz CT molecular complexity index is 898. The molecule has 0 saturated carbocycles. The van der Waals surface area contributed by atoms with Gasteiger partial charge in [0.05, 0.1) is 27.3 Å². The average Bonchev–Trinajstić information content (AvgIpc) is 3.12. The number of rotatable bonds is 4. The van der Waals surface area contributed by atoms with Gasteiger partial charge in [0.15, 0.2) is 0 Å². The fraction of sp³-hybridized carbons (Fsp3) is 0.118. The Morgan fingerprint density at radius 1 is 1.20 bits per heavy atom. The van der Waals surface area contributed by atoms with Crippen LogP contribution in [0.3, 0.4) is 0 Å². The Morgan fingerprint density at radius 3 is 2.56 bits per heavy atom. The van der Waals surface area contributed by atoms with Crippen LogP contribution in [-0.4, -0.2) is 20.7 Å². The van der Waals surface area contributed by atoms with Gasteiger partial charge in [-0.1, -0.05) is 35.3 Å². The summed E-state index contributed by atoms with van der Waals surface area (Å²) >= 11 is 11.6. The lowest BCUT2D eigenvalue weighted by molar-refractivity contribution is 0.0939. The van der Waals surface area contributed by atoms with Crippen molar-refractivity contribution >= 4 is 29.1 Å². The third-order valence-electron chi connectivity index (χ3n) is 3.68. The predicted octanol–water partition coefficient (Wildman–Crippen LogP) is 4.20. The number of hydrogen-bond acceptors (Lipinski definition) is 3. The molecular formula is C17H13Cl2FN4O. The topological polar surface area (TPSA) is 59.8 Å². The molecule has 1 atom stereocenters. The first kappa shape index (κ1) is 17.4. The first-order valence-electron chi connectivity index (χ1n) is 7.36. The third-order valence-corrected chi connectivity index (χ3v) is 4.28. The van der Waals surface area contributed by atoms with Crippen LogP contribution < -0.4 is 5.32 Å². The van der Waals surface area contributed by atoms with Gasteiger partial charge in [0, 0.05) is 0 Å². The molecule has 8 heteroatoms. The molecule has 25 heavy (non-hydrogen) atoms. The Hall–Kier alpha value is -2.44. The molecule has 1 amide bonds.